The predicted molar refractivity (Wildman–Crippen MR) is 114 cm³/mol. The number of likely N-dealkylation sites (tertiary alicyclic amines) is 1. The van der Waals surface area contributed by atoms with E-state index in [4.69, 9.17) is 14.1 Å². The molecule has 1 amide bonds. The summed E-state index contributed by atoms with van der Waals surface area (Å²) in [6.07, 6.45) is 5.81. The van der Waals surface area contributed by atoms with Gasteiger partial charge in [-0.25, -0.2) is 9.79 Å². The second kappa shape index (κ2) is 9.55. The molecule has 29 heavy (non-hydrogen) atoms. The molecule has 1 aromatic heterocycles. The molecule has 0 unspecified atom stereocenters. The molecule has 0 aromatic carbocycles. The van der Waals surface area contributed by atoms with E-state index in [1.54, 1.807) is 6.26 Å². The summed E-state index contributed by atoms with van der Waals surface area (Å²) in [7, 11) is 0. The van der Waals surface area contributed by atoms with E-state index in [1.165, 1.54) is 12.8 Å². The van der Waals surface area contributed by atoms with Crippen LogP contribution in [0.3, 0.4) is 0 Å². The van der Waals surface area contributed by atoms with Gasteiger partial charge in [0, 0.05) is 32.2 Å². The van der Waals surface area contributed by atoms with Crippen molar-refractivity contribution in [1.29, 1.82) is 0 Å². The van der Waals surface area contributed by atoms with Gasteiger partial charge in [-0.05, 0) is 71.4 Å². The van der Waals surface area contributed by atoms with Gasteiger partial charge in [0.05, 0.1) is 6.26 Å². The quantitative estimate of drug-likeness (QED) is 0.576. The highest BCUT2D eigenvalue weighted by Gasteiger charge is 2.35. The molecular weight excluding hydrogens is 368 g/mol. The van der Waals surface area contributed by atoms with Crippen LogP contribution in [-0.4, -0.2) is 59.7 Å². The number of piperidine rings is 1. The Morgan fingerprint density at radius 1 is 1.31 bits per heavy atom. The molecule has 1 N–H and O–H groups in total. The number of nitrogens with one attached hydrogen (secondary N) is 1. The summed E-state index contributed by atoms with van der Waals surface area (Å²) in [5.41, 5.74) is -0.462. The molecule has 2 fully saturated rings. The highest BCUT2D eigenvalue weighted by Crippen LogP contribution is 2.32. The Morgan fingerprint density at radius 2 is 2.03 bits per heavy atom. The molecule has 1 aliphatic carbocycles. The highest BCUT2D eigenvalue weighted by atomic mass is 16.6. The van der Waals surface area contributed by atoms with Crippen molar-refractivity contribution in [3.63, 3.8) is 0 Å². The minimum Gasteiger partial charge on any atom is -0.467 e. The molecular formula is C22H36N4O3. The molecule has 0 atom stereocenters. The van der Waals surface area contributed by atoms with E-state index in [-0.39, 0.29) is 12.1 Å². The number of furan rings is 1. The number of carbonyl (C=O) groups excluding carboxylic acids is 1. The molecule has 0 bridgehead atoms. The first-order valence-electron chi connectivity index (χ1n) is 10.9. The van der Waals surface area contributed by atoms with Crippen LogP contribution < -0.4 is 5.32 Å². The number of carbonyl (C=O) groups is 1. The number of hydrogen-bond donors (Lipinski definition) is 1. The van der Waals surface area contributed by atoms with Gasteiger partial charge in [0.15, 0.2) is 5.96 Å². The Balaban J connectivity index is 1.59. The number of nitrogens with zero attached hydrogens (tertiary/aromatic N) is 3. The maximum atomic E-state index is 12.8. The number of hydrogen-bond acceptors (Lipinski definition) is 4. The van der Waals surface area contributed by atoms with Crippen molar-refractivity contribution in [1.82, 2.24) is 15.1 Å². The van der Waals surface area contributed by atoms with E-state index in [9.17, 15) is 4.79 Å². The Morgan fingerprint density at radius 3 is 2.59 bits per heavy atom. The zero-order valence-electron chi connectivity index (χ0n) is 18.3. The Hall–Kier alpha value is -2.18. The molecule has 162 valence electrons. The normalized spacial score (nSPS) is 18.6. The maximum absolute atomic E-state index is 12.8. The Labute approximate surface area is 174 Å². The first-order chi connectivity index (χ1) is 13.9. The van der Waals surface area contributed by atoms with Crippen molar-refractivity contribution < 1.29 is 13.9 Å². The second-order valence-electron chi connectivity index (χ2n) is 9.04. The van der Waals surface area contributed by atoms with Gasteiger partial charge in [0.1, 0.15) is 17.9 Å². The molecule has 1 saturated heterocycles. The predicted octanol–water partition coefficient (Wildman–Crippen LogP) is 3.86. The fourth-order valence-electron chi connectivity index (χ4n) is 3.64. The molecule has 3 rings (SSSR count). The van der Waals surface area contributed by atoms with Crippen LogP contribution in [0.15, 0.2) is 27.8 Å². The van der Waals surface area contributed by atoms with E-state index in [0.717, 1.165) is 50.7 Å². The lowest BCUT2D eigenvalue weighted by molar-refractivity contribution is 0.00928. The van der Waals surface area contributed by atoms with Crippen LogP contribution in [0.4, 0.5) is 4.79 Å². The van der Waals surface area contributed by atoms with Crippen LogP contribution >= 0.6 is 0 Å². The monoisotopic (exact) mass is 404 g/mol. The van der Waals surface area contributed by atoms with Gasteiger partial charge in [-0.1, -0.05) is 0 Å². The third-order valence-corrected chi connectivity index (χ3v) is 5.28. The summed E-state index contributed by atoms with van der Waals surface area (Å²) >= 11 is 0. The van der Waals surface area contributed by atoms with E-state index in [1.807, 2.05) is 37.8 Å². The molecule has 0 radical (unpaired) electrons. The molecule has 2 aliphatic rings. The van der Waals surface area contributed by atoms with Crippen molar-refractivity contribution in [3.05, 3.63) is 24.2 Å². The summed E-state index contributed by atoms with van der Waals surface area (Å²) in [5, 5.41) is 3.38. The minimum atomic E-state index is -0.462. The average molecular weight is 405 g/mol. The van der Waals surface area contributed by atoms with E-state index in [0.29, 0.717) is 12.5 Å². The smallest absolute Gasteiger partial charge is 0.410 e. The van der Waals surface area contributed by atoms with Gasteiger partial charge in [-0.3, -0.25) is 0 Å². The largest absolute Gasteiger partial charge is 0.467 e. The third-order valence-electron chi connectivity index (χ3n) is 5.28. The van der Waals surface area contributed by atoms with Crippen LogP contribution in [0, 0.1) is 5.92 Å². The average Bonchev–Trinajstić information content (AvgIpc) is 3.34. The van der Waals surface area contributed by atoms with Gasteiger partial charge in [0.2, 0.25) is 0 Å². The standard InChI is InChI=1S/C22H36N4O3/c1-5-23-20(24-15-19-7-6-14-28-19)25-12-10-18(11-13-25)26(16-17-8-9-17)21(27)29-22(2,3)4/h6-7,14,17-18H,5,8-13,15-16H2,1-4H3,(H,23,24). The summed E-state index contributed by atoms with van der Waals surface area (Å²) in [5.74, 6) is 2.41. The zero-order valence-corrected chi connectivity index (χ0v) is 18.3. The number of guanidine groups is 1. The van der Waals surface area contributed by atoms with Crippen LogP contribution in [0.1, 0.15) is 59.1 Å². The summed E-state index contributed by atoms with van der Waals surface area (Å²) in [4.78, 5) is 21.8. The summed E-state index contributed by atoms with van der Waals surface area (Å²) in [6, 6.07) is 4.05. The van der Waals surface area contributed by atoms with Gasteiger partial charge in [-0.2, -0.15) is 0 Å². The Kier molecular flexibility index (Phi) is 7.09. The molecule has 2 heterocycles. The molecule has 7 nitrogen and oxygen atoms in total. The topological polar surface area (TPSA) is 70.3 Å². The summed E-state index contributed by atoms with van der Waals surface area (Å²) < 4.78 is 11.1. The molecule has 1 aliphatic heterocycles. The maximum Gasteiger partial charge on any atom is 0.410 e. The highest BCUT2D eigenvalue weighted by molar-refractivity contribution is 5.80. The number of ether oxygens (including phenoxy) is 1. The lowest BCUT2D eigenvalue weighted by atomic mass is 10.0. The van der Waals surface area contributed by atoms with Crippen LogP contribution in [-0.2, 0) is 11.3 Å². The van der Waals surface area contributed by atoms with Gasteiger partial charge < -0.3 is 24.3 Å². The third kappa shape index (κ3) is 6.68. The van der Waals surface area contributed by atoms with Gasteiger partial charge in [-0.15, -0.1) is 0 Å². The summed E-state index contributed by atoms with van der Waals surface area (Å²) in [6.45, 7) is 11.8. The van der Waals surface area contributed by atoms with Crippen molar-refractivity contribution in [2.45, 2.75) is 71.6 Å². The SMILES string of the molecule is CCNC(=NCc1ccco1)N1CCC(N(CC2CC2)C(=O)OC(C)(C)C)CC1. The van der Waals surface area contributed by atoms with E-state index >= 15 is 0 Å². The van der Waals surface area contributed by atoms with Crippen molar-refractivity contribution >= 4 is 12.1 Å². The number of rotatable bonds is 6. The fraction of sp³-hybridized carbons (Fsp3) is 0.727. The van der Waals surface area contributed by atoms with Crippen molar-refractivity contribution in [3.8, 4) is 0 Å². The number of amides is 1. The van der Waals surface area contributed by atoms with Crippen LogP contribution in [0.5, 0.6) is 0 Å². The van der Waals surface area contributed by atoms with Crippen LogP contribution in [0.25, 0.3) is 0 Å². The number of aliphatic imine (C=N–C) groups is 1. The molecule has 1 aromatic rings. The van der Waals surface area contributed by atoms with Crippen molar-refractivity contribution in [2.24, 2.45) is 10.9 Å². The van der Waals surface area contributed by atoms with Crippen molar-refractivity contribution in [2.75, 3.05) is 26.2 Å². The Bertz CT molecular complexity index is 669. The fourth-order valence-corrected chi connectivity index (χ4v) is 3.64. The first kappa shape index (κ1) is 21.5. The lowest BCUT2D eigenvalue weighted by Gasteiger charge is -2.40. The zero-order chi connectivity index (χ0) is 20.9. The molecule has 0 spiro atoms. The van der Waals surface area contributed by atoms with E-state index in [2.05, 4.69) is 17.1 Å². The molecule has 1 saturated carbocycles. The molecule has 7 heteroatoms. The van der Waals surface area contributed by atoms with Crippen LogP contribution in [0.2, 0.25) is 0 Å². The van der Waals surface area contributed by atoms with E-state index < -0.39 is 5.60 Å². The lowest BCUT2D eigenvalue weighted by Crippen LogP contribution is -2.52. The second-order valence-corrected chi connectivity index (χ2v) is 9.04. The van der Waals surface area contributed by atoms with Gasteiger partial charge >= 0.3 is 6.09 Å². The van der Waals surface area contributed by atoms with Gasteiger partial charge in [0.25, 0.3) is 0 Å². The minimum absolute atomic E-state index is 0.166. The first-order valence-corrected chi connectivity index (χ1v) is 10.9.